The van der Waals surface area contributed by atoms with Gasteiger partial charge in [-0.15, -0.1) is 0 Å². The Morgan fingerprint density at radius 3 is 2.53 bits per heavy atom. The van der Waals surface area contributed by atoms with Gasteiger partial charge in [0.2, 0.25) is 5.28 Å². The molecule has 2 aromatic rings. The zero-order valence-corrected chi connectivity index (χ0v) is 12.6. The zero-order chi connectivity index (χ0) is 13.8. The summed E-state index contributed by atoms with van der Waals surface area (Å²) in [6.07, 6.45) is -0.0309. The molecular formula is C12H11Cl2N3OS. The first-order chi connectivity index (χ1) is 9.04. The second-order valence-corrected chi connectivity index (χ2v) is 5.62. The lowest BCUT2D eigenvalue weighted by Gasteiger charge is -2.08. The van der Waals surface area contributed by atoms with Crippen LogP contribution in [0, 0.1) is 0 Å². The molecule has 1 aromatic heterocycles. The second kappa shape index (κ2) is 6.41. The molecule has 0 aliphatic carbocycles. The maximum Gasteiger partial charge on any atom is 0.322 e. The van der Waals surface area contributed by atoms with Gasteiger partial charge >= 0.3 is 6.01 Å². The van der Waals surface area contributed by atoms with Crippen LogP contribution in [0.4, 0.5) is 0 Å². The first-order valence-corrected chi connectivity index (χ1v) is 7.12. The van der Waals surface area contributed by atoms with Crippen molar-refractivity contribution < 1.29 is 4.74 Å². The van der Waals surface area contributed by atoms with Crippen LogP contribution in [-0.2, 0) is 0 Å². The average molecular weight is 316 g/mol. The number of ether oxygens (including phenoxy) is 1. The van der Waals surface area contributed by atoms with Crippen molar-refractivity contribution in [2.45, 2.75) is 30.0 Å². The fourth-order valence-corrected chi connectivity index (χ4v) is 2.47. The third-order valence-corrected chi connectivity index (χ3v) is 3.50. The van der Waals surface area contributed by atoms with Gasteiger partial charge in [-0.3, -0.25) is 0 Å². The first-order valence-electron chi connectivity index (χ1n) is 5.55. The van der Waals surface area contributed by atoms with E-state index < -0.39 is 0 Å². The van der Waals surface area contributed by atoms with Crippen LogP contribution >= 0.6 is 35.0 Å². The van der Waals surface area contributed by atoms with Gasteiger partial charge in [0, 0.05) is 4.90 Å². The lowest BCUT2D eigenvalue weighted by atomic mass is 10.4. The van der Waals surface area contributed by atoms with E-state index in [1.54, 1.807) is 6.07 Å². The summed E-state index contributed by atoms with van der Waals surface area (Å²) >= 11 is 13.2. The van der Waals surface area contributed by atoms with E-state index >= 15 is 0 Å². The number of halogens is 2. The second-order valence-electron chi connectivity index (χ2n) is 3.87. The molecule has 0 aliphatic heterocycles. The topological polar surface area (TPSA) is 47.9 Å². The molecule has 0 radical (unpaired) electrons. The summed E-state index contributed by atoms with van der Waals surface area (Å²) in [5.74, 6) is 0. The van der Waals surface area contributed by atoms with Gasteiger partial charge in [-0.25, -0.2) is 0 Å². The van der Waals surface area contributed by atoms with Gasteiger partial charge in [-0.05, 0) is 49.3 Å². The molecule has 0 amide bonds. The van der Waals surface area contributed by atoms with Crippen LogP contribution in [0.25, 0.3) is 0 Å². The highest BCUT2D eigenvalue weighted by atomic mass is 35.5. The molecule has 19 heavy (non-hydrogen) atoms. The molecule has 0 spiro atoms. The van der Waals surface area contributed by atoms with Crippen LogP contribution in [0.15, 0.2) is 34.3 Å². The number of aromatic nitrogens is 3. The van der Waals surface area contributed by atoms with Crippen molar-refractivity contribution in [3.8, 4) is 6.01 Å². The lowest BCUT2D eigenvalue weighted by Crippen LogP contribution is -2.09. The van der Waals surface area contributed by atoms with Crippen molar-refractivity contribution in [3.63, 3.8) is 0 Å². The van der Waals surface area contributed by atoms with Gasteiger partial charge in [0.25, 0.3) is 0 Å². The minimum atomic E-state index is -0.0309. The highest BCUT2D eigenvalue weighted by Gasteiger charge is 2.10. The molecule has 0 fully saturated rings. The predicted octanol–water partition coefficient (Wildman–Crippen LogP) is 4.12. The van der Waals surface area contributed by atoms with E-state index in [1.807, 2.05) is 32.0 Å². The molecule has 0 atom stereocenters. The molecule has 0 bridgehead atoms. The van der Waals surface area contributed by atoms with Crippen LogP contribution in [0.1, 0.15) is 13.8 Å². The minimum Gasteiger partial charge on any atom is -0.461 e. The molecule has 1 heterocycles. The Kier molecular flexibility index (Phi) is 4.85. The SMILES string of the molecule is CC(C)Oc1nc(Cl)nc(Sc2ccccc2Cl)n1. The standard InChI is InChI=1S/C12H11Cl2N3OS/c1-7(2)18-11-15-10(14)16-12(17-11)19-9-6-4-3-5-8(9)13/h3-7H,1-2H3. The van der Waals surface area contributed by atoms with Crippen LogP contribution in [0.3, 0.4) is 0 Å². The molecule has 0 saturated heterocycles. The number of hydrogen-bond donors (Lipinski definition) is 0. The van der Waals surface area contributed by atoms with E-state index in [1.165, 1.54) is 11.8 Å². The number of nitrogens with zero attached hydrogens (tertiary/aromatic N) is 3. The summed E-state index contributed by atoms with van der Waals surface area (Å²) in [5.41, 5.74) is 0. The number of benzene rings is 1. The van der Waals surface area contributed by atoms with Crippen molar-refractivity contribution in [1.82, 2.24) is 15.0 Å². The summed E-state index contributed by atoms with van der Waals surface area (Å²) in [6, 6.07) is 7.65. The Labute approximate surface area is 125 Å². The molecule has 2 rings (SSSR count). The molecule has 7 heteroatoms. The summed E-state index contributed by atoms with van der Waals surface area (Å²) < 4.78 is 5.41. The average Bonchev–Trinajstić information content (AvgIpc) is 2.30. The fraction of sp³-hybridized carbons (Fsp3) is 0.250. The van der Waals surface area contributed by atoms with Crippen LogP contribution in [0.2, 0.25) is 10.3 Å². The maximum absolute atomic E-state index is 6.08. The van der Waals surface area contributed by atoms with Crippen molar-refractivity contribution in [3.05, 3.63) is 34.6 Å². The molecule has 0 unspecified atom stereocenters. The minimum absolute atomic E-state index is 0.0309. The first kappa shape index (κ1) is 14.4. The smallest absolute Gasteiger partial charge is 0.322 e. The van der Waals surface area contributed by atoms with Gasteiger partial charge in [0.15, 0.2) is 5.16 Å². The summed E-state index contributed by atoms with van der Waals surface area (Å²) in [5, 5.41) is 1.18. The fourth-order valence-electron chi connectivity index (χ4n) is 1.25. The third-order valence-electron chi connectivity index (χ3n) is 1.95. The van der Waals surface area contributed by atoms with E-state index in [0.717, 1.165) is 4.90 Å². The lowest BCUT2D eigenvalue weighted by molar-refractivity contribution is 0.219. The van der Waals surface area contributed by atoms with Gasteiger partial charge in [-0.2, -0.15) is 15.0 Å². The van der Waals surface area contributed by atoms with Crippen molar-refractivity contribution in [2.24, 2.45) is 0 Å². The van der Waals surface area contributed by atoms with E-state index in [-0.39, 0.29) is 17.4 Å². The van der Waals surface area contributed by atoms with E-state index in [0.29, 0.717) is 10.2 Å². The Hall–Kier alpha value is -1.04. The predicted molar refractivity (Wildman–Crippen MR) is 76.2 cm³/mol. The van der Waals surface area contributed by atoms with Crippen LogP contribution in [0.5, 0.6) is 6.01 Å². The molecule has 1 aromatic carbocycles. The van der Waals surface area contributed by atoms with Gasteiger partial charge in [0.1, 0.15) is 0 Å². The largest absolute Gasteiger partial charge is 0.461 e. The highest BCUT2D eigenvalue weighted by molar-refractivity contribution is 7.99. The van der Waals surface area contributed by atoms with Crippen molar-refractivity contribution in [2.75, 3.05) is 0 Å². The monoisotopic (exact) mass is 315 g/mol. The van der Waals surface area contributed by atoms with E-state index in [9.17, 15) is 0 Å². The number of rotatable bonds is 4. The molecular weight excluding hydrogens is 305 g/mol. The zero-order valence-electron chi connectivity index (χ0n) is 10.3. The molecule has 0 saturated carbocycles. The molecule has 4 nitrogen and oxygen atoms in total. The van der Waals surface area contributed by atoms with Gasteiger partial charge in [0.05, 0.1) is 11.1 Å². The summed E-state index contributed by atoms with van der Waals surface area (Å²) in [6.45, 7) is 3.77. The normalized spacial score (nSPS) is 10.8. The van der Waals surface area contributed by atoms with Gasteiger partial charge in [-0.1, -0.05) is 23.7 Å². The van der Waals surface area contributed by atoms with E-state index in [2.05, 4.69) is 15.0 Å². The van der Waals surface area contributed by atoms with Crippen molar-refractivity contribution in [1.29, 1.82) is 0 Å². The Morgan fingerprint density at radius 1 is 1.11 bits per heavy atom. The molecule has 0 N–H and O–H groups in total. The van der Waals surface area contributed by atoms with Crippen LogP contribution in [-0.4, -0.2) is 21.1 Å². The Bertz CT molecular complexity index is 581. The van der Waals surface area contributed by atoms with Gasteiger partial charge < -0.3 is 4.74 Å². The third kappa shape index (κ3) is 4.23. The highest BCUT2D eigenvalue weighted by Crippen LogP contribution is 2.31. The summed E-state index contributed by atoms with van der Waals surface area (Å²) in [4.78, 5) is 13.0. The van der Waals surface area contributed by atoms with Crippen molar-refractivity contribution >= 4 is 35.0 Å². The number of hydrogen-bond acceptors (Lipinski definition) is 5. The Balaban J connectivity index is 2.25. The maximum atomic E-state index is 6.08. The quantitative estimate of drug-likeness (QED) is 0.849. The summed E-state index contributed by atoms with van der Waals surface area (Å²) in [7, 11) is 0. The Morgan fingerprint density at radius 2 is 1.84 bits per heavy atom. The van der Waals surface area contributed by atoms with E-state index in [4.69, 9.17) is 27.9 Å². The van der Waals surface area contributed by atoms with Crippen LogP contribution < -0.4 is 4.74 Å². The molecule has 100 valence electrons. The molecule has 0 aliphatic rings.